The number of piperazine rings is 1. The summed E-state index contributed by atoms with van der Waals surface area (Å²) in [6, 6.07) is 3.75. The van der Waals surface area contributed by atoms with Gasteiger partial charge in [-0.2, -0.15) is 16.3 Å². The van der Waals surface area contributed by atoms with E-state index >= 15 is 0 Å². The lowest BCUT2D eigenvalue weighted by atomic mass is 10.2. The molecule has 128 valence electrons. The number of carbonyl (C=O) groups is 1. The minimum atomic E-state index is -0.0279. The topological polar surface area (TPSA) is 70.6 Å². The number of thiophene rings is 1. The molecule has 24 heavy (non-hydrogen) atoms. The molecule has 0 aromatic carbocycles. The molecule has 8 heteroatoms. The number of carbonyl (C=O) groups excluding carboxylic acids is 1. The number of anilines is 1. The second-order valence-electron chi connectivity index (χ2n) is 5.60. The fourth-order valence-corrected chi connectivity index (χ4v) is 3.34. The minimum Gasteiger partial charge on any atom is -0.481 e. The number of nitrogens with one attached hydrogen (secondary N) is 1. The Bertz CT molecular complexity index is 671. The first kappa shape index (κ1) is 16.5. The van der Waals surface area contributed by atoms with E-state index in [0.29, 0.717) is 38.0 Å². The van der Waals surface area contributed by atoms with Crippen molar-refractivity contribution in [2.24, 2.45) is 0 Å². The van der Waals surface area contributed by atoms with Gasteiger partial charge in [0.1, 0.15) is 0 Å². The van der Waals surface area contributed by atoms with Crippen LogP contribution in [-0.4, -0.2) is 54.2 Å². The van der Waals surface area contributed by atoms with Crippen molar-refractivity contribution in [2.45, 2.75) is 13.0 Å². The van der Waals surface area contributed by atoms with Gasteiger partial charge >= 0.3 is 6.03 Å². The Kier molecular flexibility index (Phi) is 5.14. The van der Waals surface area contributed by atoms with Gasteiger partial charge in [0.05, 0.1) is 13.2 Å². The third kappa shape index (κ3) is 3.76. The molecular formula is C16H21N5O2S. The highest BCUT2D eigenvalue weighted by Crippen LogP contribution is 2.17. The van der Waals surface area contributed by atoms with Crippen LogP contribution in [0.2, 0.25) is 0 Å². The first-order valence-electron chi connectivity index (χ1n) is 7.87. The minimum absolute atomic E-state index is 0.0171. The molecule has 1 fully saturated rings. The molecule has 2 amide bonds. The number of urea groups is 1. The molecule has 0 saturated carbocycles. The predicted octanol–water partition coefficient (Wildman–Crippen LogP) is 2.14. The first-order chi connectivity index (χ1) is 11.7. The quantitative estimate of drug-likeness (QED) is 0.917. The maximum atomic E-state index is 12.4. The van der Waals surface area contributed by atoms with Gasteiger partial charge in [0.15, 0.2) is 0 Å². The van der Waals surface area contributed by atoms with Crippen molar-refractivity contribution in [2.75, 3.05) is 38.2 Å². The smallest absolute Gasteiger partial charge is 0.317 e. The van der Waals surface area contributed by atoms with Crippen molar-refractivity contribution in [3.05, 3.63) is 34.7 Å². The maximum Gasteiger partial charge on any atom is 0.317 e. The van der Waals surface area contributed by atoms with E-state index in [-0.39, 0.29) is 12.1 Å². The highest BCUT2D eigenvalue weighted by molar-refractivity contribution is 7.07. The van der Waals surface area contributed by atoms with E-state index in [4.69, 9.17) is 4.74 Å². The molecule has 2 aromatic heterocycles. The van der Waals surface area contributed by atoms with Crippen LogP contribution < -0.4 is 15.0 Å². The lowest BCUT2D eigenvalue weighted by Crippen LogP contribution is -2.52. The van der Waals surface area contributed by atoms with E-state index in [0.717, 1.165) is 5.56 Å². The highest BCUT2D eigenvalue weighted by atomic mass is 32.1. The molecule has 7 nitrogen and oxygen atoms in total. The van der Waals surface area contributed by atoms with Crippen LogP contribution in [0.3, 0.4) is 0 Å². The van der Waals surface area contributed by atoms with Crippen LogP contribution in [0.1, 0.15) is 18.5 Å². The normalized spacial score (nSPS) is 15.9. The fraction of sp³-hybridized carbons (Fsp3) is 0.438. The lowest BCUT2D eigenvalue weighted by molar-refractivity contribution is 0.191. The Hall–Kier alpha value is -2.35. The van der Waals surface area contributed by atoms with E-state index in [1.165, 1.54) is 0 Å². The third-order valence-corrected chi connectivity index (χ3v) is 4.76. The van der Waals surface area contributed by atoms with Gasteiger partial charge in [0.25, 0.3) is 0 Å². The van der Waals surface area contributed by atoms with Crippen molar-refractivity contribution in [1.82, 2.24) is 20.2 Å². The van der Waals surface area contributed by atoms with Crippen LogP contribution in [0, 0.1) is 0 Å². The molecule has 2 aromatic rings. The molecule has 0 aliphatic carbocycles. The van der Waals surface area contributed by atoms with E-state index in [1.807, 2.05) is 23.3 Å². The summed E-state index contributed by atoms with van der Waals surface area (Å²) >= 11 is 1.64. The van der Waals surface area contributed by atoms with Gasteiger partial charge < -0.3 is 19.9 Å². The Balaban J connectivity index is 1.53. The van der Waals surface area contributed by atoms with Crippen LogP contribution in [0.5, 0.6) is 5.88 Å². The zero-order valence-corrected chi connectivity index (χ0v) is 14.6. The predicted molar refractivity (Wildman–Crippen MR) is 93.6 cm³/mol. The Morgan fingerprint density at radius 2 is 2.12 bits per heavy atom. The number of aromatic nitrogens is 2. The molecule has 0 spiro atoms. The second-order valence-corrected chi connectivity index (χ2v) is 6.38. The third-order valence-electron chi connectivity index (χ3n) is 4.06. The zero-order valence-electron chi connectivity index (χ0n) is 13.8. The summed E-state index contributed by atoms with van der Waals surface area (Å²) in [5.74, 6) is 1.19. The summed E-state index contributed by atoms with van der Waals surface area (Å²) in [4.78, 5) is 24.9. The van der Waals surface area contributed by atoms with Gasteiger partial charge in [0, 0.05) is 38.4 Å². The molecule has 0 radical (unpaired) electrons. The molecule has 1 saturated heterocycles. The Morgan fingerprint density at radius 1 is 1.33 bits per heavy atom. The SMILES string of the molecule is COc1ccnc(N2CCN(C(=O)N[C@@H](C)c3ccsc3)CC2)n1. The fourth-order valence-electron chi connectivity index (χ4n) is 2.59. The molecule has 1 N–H and O–H groups in total. The largest absolute Gasteiger partial charge is 0.481 e. The van der Waals surface area contributed by atoms with Crippen molar-refractivity contribution in [1.29, 1.82) is 0 Å². The van der Waals surface area contributed by atoms with Crippen LogP contribution in [0.15, 0.2) is 29.1 Å². The molecule has 1 aliphatic heterocycles. The molecule has 3 rings (SSSR count). The number of hydrogen-bond acceptors (Lipinski definition) is 6. The van der Waals surface area contributed by atoms with Gasteiger partial charge in [-0.05, 0) is 29.3 Å². The molecule has 3 heterocycles. The summed E-state index contributed by atoms with van der Waals surface area (Å²) in [5.41, 5.74) is 1.14. The summed E-state index contributed by atoms with van der Waals surface area (Å²) < 4.78 is 5.13. The van der Waals surface area contributed by atoms with Crippen LogP contribution >= 0.6 is 11.3 Å². The number of ether oxygens (including phenoxy) is 1. The standard InChI is InChI=1S/C16H21N5O2S/c1-12(13-4-10-24-11-13)18-16(22)21-8-6-20(7-9-21)15-17-5-3-14(19-15)23-2/h3-5,10-12H,6-9H2,1-2H3,(H,18,22)/t12-/m0/s1. The van der Waals surface area contributed by atoms with Crippen molar-refractivity contribution < 1.29 is 9.53 Å². The van der Waals surface area contributed by atoms with Crippen molar-refractivity contribution in [3.8, 4) is 5.88 Å². The van der Waals surface area contributed by atoms with E-state index in [1.54, 1.807) is 30.7 Å². The monoisotopic (exact) mass is 347 g/mol. The van der Waals surface area contributed by atoms with Gasteiger partial charge in [-0.1, -0.05) is 0 Å². The Morgan fingerprint density at radius 3 is 2.79 bits per heavy atom. The molecule has 1 atom stereocenters. The molecular weight excluding hydrogens is 326 g/mol. The van der Waals surface area contributed by atoms with Crippen molar-refractivity contribution in [3.63, 3.8) is 0 Å². The Labute approximate surface area is 145 Å². The second kappa shape index (κ2) is 7.48. The van der Waals surface area contributed by atoms with Crippen molar-refractivity contribution >= 4 is 23.3 Å². The molecule has 0 bridgehead atoms. The van der Waals surface area contributed by atoms with Crippen LogP contribution in [0.4, 0.5) is 10.7 Å². The number of rotatable bonds is 4. The first-order valence-corrected chi connectivity index (χ1v) is 8.81. The molecule has 0 unspecified atom stereocenters. The van der Waals surface area contributed by atoms with E-state index in [2.05, 4.69) is 25.6 Å². The average Bonchev–Trinajstić information content (AvgIpc) is 3.16. The van der Waals surface area contributed by atoms with Gasteiger partial charge in [-0.3, -0.25) is 0 Å². The molecule has 1 aliphatic rings. The number of amides is 2. The summed E-state index contributed by atoms with van der Waals surface area (Å²) in [5, 5.41) is 7.13. The highest BCUT2D eigenvalue weighted by Gasteiger charge is 2.23. The summed E-state index contributed by atoms with van der Waals surface area (Å²) in [7, 11) is 1.59. The van der Waals surface area contributed by atoms with E-state index in [9.17, 15) is 4.79 Å². The number of hydrogen-bond donors (Lipinski definition) is 1. The van der Waals surface area contributed by atoms with E-state index < -0.39 is 0 Å². The lowest BCUT2D eigenvalue weighted by Gasteiger charge is -2.35. The maximum absolute atomic E-state index is 12.4. The van der Waals surface area contributed by atoms with Gasteiger partial charge in [-0.15, -0.1) is 0 Å². The zero-order chi connectivity index (χ0) is 16.9. The summed E-state index contributed by atoms with van der Waals surface area (Å²) in [6.45, 7) is 4.69. The number of nitrogens with zero attached hydrogens (tertiary/aromatic N) is 4. The van der Waals surface area contributed by atoms with Gasteiger partial charge in [0.2, 0.25) is 11.8 Å². The van der Waals surface area contributed by atoms with Gasteiger partial charge in [-0.25, -0.2) is 9.78 Å². The van der Waals surface area contributed by atoms with Crippen LogP contribution in [-0.2, 0) is 0 Å². The van der Waals surface area contributed by atoms with Crippen LogP contribution in [0.25, 0.3) is 0 Å². The average molecular weight is 347 g/mol. The summed E-state index contributed by atoms with van der Waals surface area (Å²) in [6.07, 6.45) is 1.68. The number of methoxy groups -OCH3 is 1.